The molecule has 0 atom stereocenters. The second kappa shape index (κ2) is 3.76. The van der Waals surface area contributed by atoms with E-state index in [1.54, 1.807) is 12.0 Å². The summed E-state index contributed by atoms with van der Waals surface area (Å²) >= 11 is 0. The molecule has 12 heavy (non-hydrogen) atoms. The number of amides is 2. The number of hydrogen-bond donors (Lipinski definition) is 1. The van der Waals surface area contributed by atoms with Crippen LogP contribution in [0.15, 0.2) is 0 Å². The van der Waals surface area contributed by atoms with E-state index in [9.17, 15) is 4.79 Å². The average molecular weight is 172 g/mol. The van der Waals surface area contributed by atoms with Crippen molar-refractivity contribution in [2.45, 2.75) is 26.0 Å². The van der Waals surface area contributed by atoms with Gasteiger partial charge < -0.3 is 15.0 Å². The van der Waals surface area contributed by atoms with Crippen molar-refractivity contribution in [1.82, 2.24) is 10.2 Å². The van der Waals surface area contributed by atoms with Crippen LogP contribution >= 0.6 is 0 Å². The zero-order valence-corrected chi connectivity index (χ0v) is 7.83. The monoisotopic (exact) mass is 172 g/mol. The maximum Gasteiger partial charge on any atom is 0.317 e. The molecule has 0 aromatic rings. The standard InChI is InChI=1S/C8H16N2O2/c1-6(2)9-8(11)10-4-7(5-10)12-3/h6-7H,4-5H2,1-3H3,(H,9,11). The maximum atomic E-state index is 11.3. The van der Waals surface area contributed by atoms with Gasteiger partial charge in [-0.3, -0.25) is 0 Å². The van der Waals surface area contributed by atoms with E-state index in [1.165, 1.54) is 0 Å². The molecule has 4 heteroatoms. The molecule has 1 aliphatic heterocycles. The van der Waals surface area contributed by atoms with Crippen LogP contribution in [0.3, 0.4) is 0 Å². The first-order valence-electron chi connectivity index (χ1n) is 4.21. The average Bonchev–Trinajstić information content (AvgIpc) is 1.82. The lowest BCUT2D eigenvalue weighted by Crippen LogP contribution is -2.58. The van der Waals surface area contributed by atoms with Gasteiger partial charge in [0.2, 0.25) is 0 Å². The maximum absolute atomic E-state index is 11.3. The minimum atomic E-state index is 0.0123. The molecule has 1 fully saturated rings. The van der Waals surface area contributed by atoms with Crippen molar-refractivity contribution < 1.29 is 9.53 Å². The van der Waals surface area contributed by atoms with Gasteiger partial charge >= 0.3 is 6.03 Å². The molecule has 1 heterocycles. The molecule has 0 saturated carbocycles. The zero-order chi connectivity index (χ0) is 9.14. The van der Waals surface area contributed by atoms with Crippen molar-refractivity contribution in [3.8, 4) is 0 Å². The van der Waals surface area contributed by atoms with Gasteiger partial charge in [-0.1, -0.05) is 0 Å². The molecule has 0 unspecified atom stereocenters. The van der Waals surface area contributed by atoms with Crippen molar-refractivity contribution in [3.05, 3.63) is 0 Å². The number of rotatable bonds is 2. The Bertz CT molecular complexity index is 164. The summed E-state index contributed by atoms with van der Waals surface area (Å²) in [5.74, 6) is 0. The van der Waals surface area contributed by atoms with Crippen molar-refractivity contribution in [2.75, 3.05) is 20.2 Å². The molecular formula is C8H16N2O2. The summed E-state index contributed by atoms with van der Waals surface area (Å²) < 4.78 is 5.05. The van der Waals surface area contributed by atoms with Crippen molar-refractivity contribution >= 4 is 6.03 Å². The van der Waals surface area contributed by atoms with Crippen LogP contribution in [0.25, 0.3) is 0 Å². The molecule has 1 aliphatic rings. The first kappa shape index (κ1) is 9.32. The van der Waals surface area contributed by atoms with E-state index >= 15 is 0 Å². The summed E-state index contributed by atoms with van der Waals surface area (Å²) in [6, 6.07) is 0.220. The minimum Gasteiger partial charge on any atom is -0.378 e. The van der Waals surface area contributed by atoms with E-state index in [2.05, 4.69) is 5.32 Å². The van der Waals surface area contributed by atoms with E-state index in [4.69, 9.17) is 4.74 Å². The number of carbonyl (C=O) groups excluding carboxylic acids is 1. The molecule has 0 aliphatic carbocycles. The normalized spacial score (nSPS) is 17.8. The predicted octanol–water partition coefficient (Wildman–Crippen LogP) is 0.435. The number of nitrogens with zero attached hydrogens (tertiary/aromatic N) is 1. The third-order valence-electron chi connectivity index (χ3n) is 1.88. The van der Waals surface area contributed by atoms with Gasteiger partial charge in [-0.2, -0.15) is 0 Å². The van der Waals surface area contributed by atoms with Crippen LogP contribution in [0, 0.1) is 0 Å². The number of ether oxygens (including phenoxy) is 1. The van der Waals surface area contributed by atoms with E-state index in [-0.39, 0.29) is 18.2 Å². The Hall–Kier alpha value is -0.770. The van der Waals surface area contributed by atoms with Crippen LogP contribution in [0.1, 0.15) is 13.8 Å². The number of methoxy groups -OCH3 is 1. The molecule has 1 saturated heterocycles. The summed E-state index contributed by atoms with van der Waals surface area (Å²) in [6.07, 6.45) is 0.239. The summed E-state index contributed by atoms with van der Waals surface area (Å²) in [5, 5.41) is 2.82. The van der Waals surface area contributed by atoms with Gasteiger partial charge in [-0.15, -0.1) is 0 Å². The summed E-state index contributed by atoms with van der Waals surface area (Å²) in [6.45, 7) is 5.33. The predicted molar refractivity (Wildman–Crippen MR) is 46.0 cm³/mol. The van der Waals surface area contributed by atoms with Gasteiger partial charge in [0.15, 0.2) is 0 Å². The number of urea groups is 1. The van der Waals surface area contributed by atoms with E-state index in [0.717, 1.165) is 13.1 Å². The van der Waals surface area contributed by atoms with E-state index in [1.807, 2.05) is 13.8 Å². The first-order valence-corrected chi connectivity index (χ1v) is 4.21. The van der Waals surface area contributed by atoms with Gasteiger partial charge in [-0.05, 0) is 13.8 Å². The second-order valence-electron chi connectivity index (χ2n) is 3.37. The lowest BCUT2D eigenvalue weighted by atomic mass is 10.2. The fraction of sp³-hybridized carbons (Fsp3) is 0.875. The molecule has 4 nitrogen and oxygen atoms in total. The Morgan fingerprint density at radius 2 is 2.17 bits per heavy atom. The second-order valence-corrected chi connectivity index (χ2v) is 3.37. The van der Waals surface area contributed by atoms with Crippen LogP contribution in [-0.4, -0.2) is 43.3 Å². The third kappa shape index (κ3) is 2.11. The molecule has 0 spiro atoms. The van der Waals surface area contributed by atoms with Gasteiger partial charge in [0.25, 0.3) is 0 Å². The zero-order valence-electron chi connectivity index (χ0n) is 7.83. The number of nitrogens with one attached hydrogen (secondary N) is 1. The van der Waals surface area contributed by atoms with Crippen LogP contribution < -0.4 is 5.32 Å². The first-order chi connectivity index (χ1) is 5.63. The molecule has 0 bridgehead atoms. The molecule has 0 aromatic heterocycles. The van der Waals surface area contributed by atoms with Crippen LogP contribution in [0.4, 0.5) is 4.79 Å². The Morgan fingerprint density at radius 1 is 1.58 bits per heavy atom. The number of likely N-dealkylation sites (tertiary alicyclic amines) is 1. The molecule has 2 amide bonds. The van der Waals surface area contributed by atoms with Gasteiger partial charge in [0, 0.05) is 13.2 Å². The lowest BCUT2D eigenvalue weighted by Gasteiger charge is -2.38. The fourth-order valence-electron chi connectivity index (χ4n) is 1.09. The van der Waals surface area contributed by atoms with E-state index < -0.39 is 0 Å². The molecule has 1 N–H and O–H groups in total. The van der Waals surface area contributed by atoms with E-state index in [0.29, 0.717) is 0 Å². The highest BCUT2D eigenvalue weighted by Gasteiger charge is 2.30. The topological polar surface area (TPSA) is 41.6 Å². The quantitative estimate of drug-likeness (QED) is 0.656. The highest BCUT2D eigenvalue weighted by molar-refractivity contribution is 5.75. The van der Waals surface area contributed by atoms with Crippen molar-refractivity contribution in [1.29, 1.82) is 0 Å². The molecule has 70 valence electrons. The Labute approximate surface area is 72.9 Å². The highest BCUT2D eigenvalue weighted by Crippen LogP contribution is 2.10. The summed E-state index contributed by atoms with van der Waals surface area (Å²) in [5.41, 5.74) is 0. The Morgan fingerprint density at radius 3 is 2.58 bits per heavy atom. The summed E-state index contributed by atoms with van der Waals surface area (Å²) in [7, 11) is 1.67. The minimum absolute atomic E-state index is 0.0123. The lowest BCUT2D eigenvalue weighted by molar-refractivity contribution is -0.00799. The molecule has 0 aromatic carbocycles. The SMILES string of the molecule is COC1CN(C(=O)NC(C)C)C1. The molecular weight excluding hydrogens is 156 g/mol. The smallest absolute Gasteiger partial charge is 0.317 e. The van der Waals surface area contributed by atoms with Crippen LogP contribution in [0.5, 0.6) is 0 Å². The Kier molecular flexibility index (Phi) is 2.92. The fourth-order valence-corrected chi connectivity index (χ4v) is 1.09. The largest absolute Gasteiger partial charge is 0.378 e. The van der Waals surface area contributed by atoms with Gasteiger partial charge in [-0.25, -0.2) is 4.79 Å². The molecule has 0 radical (unpaired) electrons. The van der Waals surface area contributed by atoms with Crippen molar-refractivity contribution in [2.24, 2.45) is 0 Å². The van der Waals surface area contributed by atoms with Gasteiger partial charge in [0.05, 0.1) is 19.2 Å². The highest BCUT2D eigenvalue weighted by atomic mass is 16.5. The number of carbonyl (C=O) groups is 1. The third-order valence-corrected chi connectivity index (χ3v) is 1.88. The van der Waals surface area contributed by atoms with Crippen molar-refractivity contribution in [3.63, 3.8) is 0 Å². The van der Waals surface area contributed by atoms with Crippen LogP contribution in [0.2, 0.25) is 0 Å². The van der Waals surface area contributed by atoms with Crippen LogP contribution in [-0.2, 0) is 4.74 Å². The van der Waals surface area contributed by atoms with Gasteiger partial charge in [0.1, 0.15) is 0 Å². The number of hydrogen-bond acceptors (Lipinski definition) is 2. The Balaban J connectivity index is 2.19. The summed E-state index contributed by atoms with van der Waals surface area (Å²) in [4.78, 5) is 13.0. The molecule has 1 rings (SSSR count).